The Morgan fingerprint density at radius 3 is 2.53 bits per heavy atom. The Labute approximate surface area is 250 Å². The fraction of sp³-hybridized carbons (Fsp3) is 0.483. The molecular formula is C29H32ClF3N4O6. The van der Waals surface area contributed by atoms with Crippen molar-refractivity contribution in [2.45, 2.75) is 74.8 Å². The molecule has 2 fully saturated rings. The van der Waals surface area contributed by atoms with Crippen LogP contribution in [-0.4, -0.2) is 91.4 Å². The molecule has 7 atom stereocenters. The lowest BCUT2D eigenvalue weighted by molar-refractivity contribution is -0.219. The van der Waals surface area contributed by atoms with E-state index in [1.807, 2.05) is 0 Å². The number of aliphatic hydroxyl groups is 3. The van der Waals surface area contributed by atoms with Crippen LogP contribution >= 0.6 is 11.6 Å². The summed E-state index contributed by atoms with van der Waals surface area (Å²) in [5.74, 6) is -5.01. The molecule has 1 aliphatic carbocycles. The van der Waals surface area contributed by atoms with E-state index in [2.05, 4.69) is 10.3 Å². The number of amides is 1. The van der Waals surface area contributed by atoms with Crippen molar-refractivity contribution in [2.75, 3.05) is 13.7 Å². The largest absolute Gasteiger partial charge is 0.394 e. The first-order valence-electron chi connectivity index (χ1n) is 13.9. The van der Waals surface area contributed by atoms with Crippen molar-refractivity contribution < 1.29 is 42.8 Å². The van der Waals surface area contributed by atoms with Crippen molar-refractivity contribution in [3.8, 4) is 11.3 Å². The third kappa shape index (κ3) is 6.42. The van der Waals surface area contributed by atoms with Crippen LogP contribution in [0.4, 0.5) is 13.2 Å². The first-order chi connectivity index (χ1) is 20.6. The summed E-state index contributed by atoms with van der Waals surface area (Å²) in [5.41, 5.74) is 0.574. The van der Waals surface area contributed by atoms with E-state index in [0.717, 1.165) is 35.2 Å². The lowest BCUT2D eigenvalue weighted by Gasteiger charge is -2.46. The van der Waals surface area contributed by atoms with Crippen LogP contribution in [0.5, 0.6) is 0 Å². The summed E-state index contributed by atoms with van der Waals surface area (Å²) in [6.45, 7) is -0.558. The molecule has 2 heterocycles. The molecule has 1 saturated carbocycles. The van der Waals surface area contributed by atoms with Crippen molar-refractivity contribution >= 4 is 17.5 Å². The van der Waals surface area contributed by atoms with Gasteiger partial charge in [0, 0.05) is 24.2 Å². The van der Waals surface area contributed by atoms with Crippen LogP contribution in [0, 0.1) is 17.5 Å². The number of halogens is 4. The second kappa shape index (κ2) is 13.3. The summed E-state index contributed by atoms with van der Waals surface area (Å²) in [6.07, 6.45) is -2.09. The number of hydrogen-bond donors (Lipinski definition) is 3. The second-order valence-electron chi connectivity index (χ2n) is 10.8. The molecule has 0 spiro atoms. The highest BCUT2D eigenvalue weighted by molar-refractivity contribution is 6.30. The van der Waals surface area contributed by atoms with Crippen LogP contribution in [-0.2, 0) is 20.8 Å². The van der Waals surface area contributed by atoms with Gasteiger partial charge in [-0.2, -0.15) is 0 Å². The highest BCUT2D eigenvalue weighted by Gasteiger charge is 2.51. The molecule has 5 rings (SSSR count). The SMILES string of the molecule is COC1C(C(=O)N(Cc2cccc(Cl)c2)[C@H]2CCCC[C@@H]2O)OC(CO)C(O)C1n1cc(-c2cc(F)c(F)c(F)c2)nn1. The predicted molar refractivity (Wildman–Crippen MR) is 147 cm³/mol. The van der Waals surface area contributed by atoms with E-state index < -0.39 is 72.6 Å². The number of benzene rings is 2. The minimum atomic E-state index is -1.63. The van der Waals surface area contributed by atoms with E-state index in [1.165, 1.54) is 18.2 Å². The van der Waals surface area contributed by atoms with Gasteiger partial charge in [-0.05, 0) is 42.7 Å². The third-order valence-corrected chi connectivity index (χ3v) is 8.33. The maximum absolute atomic E-state index is 14.3. The number of aromatic nitrogens is 3. The first-order valence-corrected chi connectivity index (χ1v) is 14.3. The lowest BCUT2D eigenvalue weighted by atomic mass is 9.88. The molecule has 2 aromatic carbocycles. The summed E-state index contributed by atoms with van der Waals surface area (Å²) in [4.78, 5) is 15.8. The quantitative estimate of drug-likeness (QED) is 0.326. The number of hydrogen-bond acceptors (Lipinski definition) is 8. The maximum atomic E-state index is 14.3. The molecule has 0 radical (unpaired) electrons. The minimum absolute atomic E-state index is 0.0392. The Kier molecular flexibility index (Phi) is 9.69. The Morgan fingerprint density at radius 1 is 1.16 bits per heavy atom. The van der Waals surface area contributed by atoms with Gasteiger partial charge in [-0.1, -0.05) is 41.8 Å². The molecule has 2 aliphatic rings. The van der Waals surface area contributed by atoms with Crippen LogP contribution in [0.1, 0.15) is 37.3 Å². The van der Waals surface area contributed by atoms with E-state index in [4.69, 9.17) is 21.1 Å². The zero-order chi connectivity index (χ0) is 30.8. The highest BCUT2D eigenvalue weighted by atomic mass is 35.5. The molecule has 1 aliphatic heterocycles. The molecule has 5 unspecified atom stereocenters. The van der Waals surface area contributed by atoms with Gasteiger partial charge in [-0.15, -0.1) is 5.10 Å². The van der Waals surface area contributed by atoms with Crippen LogP contribution in [0.2, 0.25) is 5.02 Å². The Balaban J connectivity index is 1.50. The topological polar surface area (TPSA) is 130 Å². The zero-order valence-corrected chi connectivity index (χ0v) is 23.9. The second-order valence-corrected chi connectivity index (χ2v) is 11.2. The summed E-state index contributed by atoms with van der Waals surface area (Å²) in [7, 11) is 1.31. The van der Waals surface area contributed by atoms with Gasteiger partial charge in [-0.25, -0.2) is 17.9 Å². The first kappa shape index (κ1) is 31.4. The van der Waals surface area contributed by atoms with Gasteiger partial charge in [-0.3, -0.25) is 4.79 Å². The Morgan fingerprint density at radius 2 is 1.88 bits per heavy atom. The minimum Gasteiger partial charge on any atom is -0.394 e. The van der Waals surface area contributed by atoms with Gasteiger partial charge in [0.1, 0.15) is 30.0 Å². The van der Waals surface area contributed by atoms with Crippen molar-refractivity contribution in [1.82, 2.24) is 19.9 Å². The van der Waals surface area contributed by atoms with Gasteiger partial charge in [0.2, 0.25) is 0 Å². The molecule has 3 aromatic rings. The molecule has 14 heteroatoms. The maximum Gasteiger partial charge on any atom is 0.255 e. The monoisotopic (exact) mass is 624 g/mol. The van der Waals surface area contributed by atoms with E-state index in [-0.39, 0.29) is 17.8 Å². The van der Waals surface area contributed by atoms with Crippen LogP contribution < -0.4 is 0 Å². The smallest absolute Gasteiger partial charge is 0.255 e. The van der Waals surface area contributed by atoms with E-state index in [1.54, 1.807) is 24.3 Å². The average Bonchev–Trinajstić information content (AvgIpc) is 3.48. The van der Waals surface area contributed by atoms with Crippen LogP contribution in [0.25, 0.3) is 11.3 Å². The molecular weight excluding hydrogens is 593 g/mol. The molecule has 1 amide bonds. The third-order valence-electron chi connectivity index (χ3n) is 8.10. The van der Waals surface area contributed by atoms with Gasteiger partial charge >= 0.3 is 0 Å². The number of rotatable bonds is 8. The standard InChI is InChI=1S/C29H32ClF3N4O6/c1-42-27-25(37-13-20(34-35-37)16-10-18(31)24(33)19(32)11-16)26(40)23(14-38)43-28(27)29(41)36(21-7-2-3-8-22(21)39)12-15-5-4-6-17(30)9-15/h4-6,9-11,13,21-23,25-28,38-40H,2-3,7-8,12,14H2,1H3/t21-,22-,23?,25?,26?,27?,28?/m0/s1. The molecule has 43 heavy (non-hydrogen) atoms. The summed E-state index contributed by atoms with van der Waals surface area (Å²) >= 11 is 6.20. The Hall–Kier alpha value is -3.07. The highest BCUT2D eigenvalue weighted by Crippen LogP contribution is 2.35. The molecule has 3 N–H and O–H groups in total. The van der Waals surface area contributed by atoms with Crippen molar-refractivity contribution in [1.29, 1.82) is 0 Å². The number of ether oxygens (including phenoxy) is 2. The molecule has 1 saturated heterocycles. The number of nitrogens with zero attached hydrogens (tertiary/aromatic N) is 4. The normalized spacial score (nSPS) is 27.7. The number of methoxy groups -OCH3 is 1. The summed E-state index contributed by atoms with van der Waals surface area (Å²) in [6, 6.07) is 6.80. The zero-order valence-electron chi connectivity index (χ0n) is 23.2. The molecule has 1 aromatic heterocycles. The predicted octanol–water partition coefficient (Wildman–Crippen LogP) is 3.02. The number of carbonyl (C=O) groups is 1. The molecule has 232 valence electrons. The van der Waals surface area contributed by atoms with Crippen molar-refractivity contribution in [3.05, 3.63) is 70.6 Å². The van der Waals surface area contributed by atoms with Gasteiger partial charge in [0.25, 0.3) is 5.91 Å². The lowest BCUT2D eigenvalue weighted by Crippen LogP contribution is -2.62. The molecule has 10 nitrogen and oxygen atoms in total. The van der Waals surface area contributed by atoms with Crippen molar-refractivity contribution in [3.63, 3.8) is 0 Å². The number of carbonyl (C=O) groups excluding carboxylic acids is 1. The Bertz CT molecular complexity index is 1420. The number of aliphatic hydroxyl groups excluding tert-OH is 3. The average molecular weight is 625 g/mol. The fourth-order valence-electron chi connectivity index (χ4n) is 5.93. The van der Waals surface area contributed by atoms with Gasteiger partial charge in [0.05, 0.1) is 24.9 Å². The van der Waals surface area contributed by atoms with Gasteiger partial charge in [0.15, 0.2) is 23.6 Å². The van der Waals surface area contributed by atoms with E-state index in [0.29, 0.717) is 17.9 Å². The molecule has 0 bridgehead atoms. The summed E-state index contributed by atoms with van der Waals surface area (Å²) < 4.78 is 54.1. The van der Waals surface area contributed by atoms with Crippen LogP contribution in [0.15, 0.2) is 42.6 Å². The van der Waals surface area contributed by atoms with Crippen molar-refractivity contribution in [2.24, 2.45) is 0 Å². The summed E-state index contributed by atoms with van der Waals surface area (Å²) in [5, 5.41) is 40.6. The van der Waals surface area contributed by atoms with E-state index >= 15 is 0 Å². The van der Waals surface area contributed by atoms with E-state index in [9.17, 15) is 33.3 Å². The van der Waals surface area contributed by atoms with Gasteiger partial charge < -0.3 is 29.7 Å². The van der Waals surface area contributed by atoms with Crippen LogP contribution in [0.3, 0.4) is 0 Å². The fourth-order valence-corrected chi connectivity index (χ4v) is 6.14.